The van der Waals surface area contributed by atoms with Gasteiger partial charge in [0.05, 0.1) is 0 Å². The van der Waals surface area contributed by atoms with Gasteiger partial charge in [0.2, 0.25) is 5.91 Å². The first kappa shape index (κ1) is 11.6. The van der Waals surface area contributed by atoms with E-state index < -0.39 is 0 Å². The third-order valence-electron chi connectivity index (χ3n) is 2.21. The van der Waals surface area contributed by atoms with Gasteiger partial charge >= 0.3 is 0 Å². The molecule has 1 rings (SSSR count). The molecule has 0 aliphatic carbocycles. The normalized spacial score (nSPS) is 21.2. The Morgan fingerprint density at radius 3 is 2.86 bits per heavy atom. The molecule has 0 aromatic carbocycles. The number of carbonyl (C=O) groups excluding carboxylic acids is 1. The Morgan fingerprint density at radius 2 is 2.36 bits per heavy atom. The fraction of sp³-hybridized carbons (Fsp3) is 0.700. The van der Waals surface area contributed by atoms with Gasteiger partial charge in [-0.3, -0.25) is 9.69 Å². The van der Waals surface area contributed by atoms with Gasteiger partial charge in [0.1, 0.15) is 5.50 Å². The van der Waals surface area contributed by atoms with Crippen molar-refractivity contribution < 1.29 is 4.79 Å². The highest BCUT2D eigenvalue weighted by Gasteiger charge is 2.25. The van der Waals surface area contributed by atoms with Crippen LogP contribution >= 0.6 is 11.8 Å². The summed E-state index contributed by atoms with van der Waals surface area (Å²) in [6.45, 7) is 4.16. The molecule has 0 saturated carbocycles. The zero-order chi connectivity index (χ0) is 10.6. The molecule has 1 aliphatic heterocycles. The maximum atomic E-state index is 11.7. The van der Waals surface area contributed by atoms with Crippen molar-refractivity contribution in [2.24, 2.45) is 5.73 Å². The lowest BCUT2D eigenvalue weighted by Gasteiger charge is -2.18. The highest BCUT2D eigenvalue weighted by molar-refractivity contribution is 8.03. The SMILES string of the molecule is CCCCC(=O)N1C=C(CC)SC1N. The van der Waals surface area contributed by atoms with E-state index in [1.54, 1.807) is 16.7 Å². The largest absolute Gasteiger partial charge is 0.302 e. The highest BCUT2D eigenvalue weighted by Crippen LogP contribution is 2.32. The Morgan fingerprint density at radius 1 is 1.64 bits per heavy atom. The first-order valence-electron chi connectivity index (χ1n) is 5.13. The van der Waals surface area contributed by atoms with Gasteiger partial charge in [-0.2, -0.15) is 0 Å². The van der Waals surface area contributed by atoms with E-state index in [-0.39, 0.29) is 11.4 Å². The van der Waals surface area contributed by atoms with E-state index in [1.807, 2.05) is 6.20 Å². The number of carbonyl (C=O) groups is 1. The monoisotopic (exact) mass is 214 g/mol. The van der Waals surface area contributed by atoms with Gasteiger partial charge in [-0.05, 0) is 12.8 Å². The summed E-state index contributed by atoms with van der Waals surface area (Å²) in [5.74, 6) is 0.148. The van der Waals surface area contributed by atoms with E-state index in [0.717, 1.165) is 19.3 Å². The summed E-state index contributed by atoms with van der Waals surface area (Å²) >= 11 is 1.58. The van der Waals surface area contributed by atoms with Gasteiger partial charge in [0, 0.05) is 17.5 Å². The molecule has 1 atom stereocenters. The molecular weight excluding hydrogens is 196 g/mol. The molecule has 0 aromatic heterocycles. The number of nitrogens with two attached hydrogens (primary N) is 1. The van der Waals surface area contributed by atoms with Gasteiger partial charge in [0.25, 0.3) is 0 Å². The van der Waals surface area contributed by atoms with Crippen molar-refractivity contribution in [3.63, 3.8) is 0 Å². The average Bonchev–Trinajstić information content (AvgIpc) is 2.56. The molecule has 1 aliphatic rings. The standard InChI is InChI=1S/C10H18N2OS/c1-3-5-6-9(13)12-7-8(4-2)14-10(12)11/h7,10H,3-6,11H2,1-2H3. The molecule has 4 heteroatoms. The molecule has 0 fully saturated rings. The van der Waals surface area contributed by atoms with Gasteiger partial charge in [-0.1, -0.05) is 32.0 Å². The fourth-order valence-corrected chi connectivity index (χ4v) is 2.26. The third kappa shape index (κ3) is 2.75. The van der Waals surface area contributed by atoms with Crippen molar-refractivity contribution in [1.82, 2.24) is 4.90 Å². The van der Waals surface area contributed by atoms with Crippen LogP contribution in [-0.4, -0.2) is 16.3 Å². The van der Waals surface area contributed by atoms with Crippen molar-refractivity contribution in [1.29, 1.82) is 0 Å². The minimum atomic E-state index is -0.200. The van der Waals surface area contributed by atoms with Crippen LogP contribution in [0.3, 0.4) is 0 Å². The molecule has 1 heterocycles. The molecule has 14 heavy (non-hydrogen) atoms. The molecule has 1 unspecified atom stereocenters. The number of allylic oxidation sites excluding steroid dienone is 1. The van der Waals surface area contributed by atoms with Crippen LogP contribution in [0.15, 0.2) is 11.1 Å². The van der Waals surface area contributed by atoms with Crippen LogP contribution < -0.4 is 5.73 Å². The van der Waals surface area contributed by atoms with Crippen LogP contribution in [0.25, 0.3) is 0 Å². The first-order chi connectivity index (χ1) is 6.69. The molecule has 0 aromatic rings. The van der Waals surface area contributed by atoms with Crippen LogP contribution in [0.2, 0.25) is 0 Å². The van der Waals surface area contributed by atoms with Crippen LogP contribution in [-0.2, 0) is 4.79 Å². The molecule has 0 radical (unpaired) electrons. The number of hydrogen-bond donors (Lipinski definition) is 1. The predicted octanol–water partition coefficient (Wildman–Crippen LogP) is 2.25. The highest BCUT2D eigenvalue weighted by atomic mass is 32.2. The molecule has 0 bridgehead atoms. The lowest BCUT2D eigenvalue weighted by atomic mass is 10.2. The maximum absolute atomic E-state index is 11.7. The molecule has 3 nitrogen and oxygen atoms in total. The molecular formula is C10H18N2OS. The van der Waals surface area contributed by atoms with Crippen molar-refractivity contribution in [2.45, 2.75) is 45.0 Å². The Kier molecular flexibility index (Phi) is 4.48. The van der Waals surface area contributed by atoms with Gasteiger partial charge in [0.15, 0.2) is 0 Å². The van der Waals surface area contributed by atoms with E-state index in [0.29, 0.717) is 6.42 Å². The van der Waals surface area contributed by atoms with Crippen molar-refractivity contribution in [2.75, 3.05) is 0 Å². The second-order valence-corrected chi connectivity index (χ2v) is 4.61. The average molecular weight is 214 g/mol. The number of unbranched alkanes of at least 4 members (excludes halogenated alkanes) is 1. The second kappa shape index (κ2) is 5.41. The number of nitrogens with zero attached hydrogens (tertiary/aromatic N) is 1. The van der Waals surface area contributed by atoms with Gasteiger partial charge in [-0.15, -0.1) is 0 Å². The zero-order valence-corrected chi connectivity index (χ0v) is 9.64. The summed E-state index contributed by atoms with van der Waals surface area (Å²) in [5, 5.41) is 0. The lowest BCUT2D eigenvalue weighted by molar-refractivity contribution is -0.129. The van der Waals surface area contributed by atoms with E-state index in [4.69, 9.17) is 5.73 Å². The number of thioether (sulfide) groups is 1. The maximum Gasteiger partial charge on any atom is 0.228 e. The summed E-state index contributed by atoms with van der Waals surface area (Å²) in [4.78, 5) is 14.5. The van der Waals surface area contributed by atoms with E-state index in [1.165, 1.54) is 4.91 Å². The topological polar surface area (TPSA) is 46.3 Å². The lowest BCUT2D eigenvalue weighted by Crippen LogP contribution is -2.37. The summed E-state index contributed by atoms with van der Waals surface area (Å²) in [6.07, 6.45) is 5.45. The number of amides is 1. The van der Waals surface area contributed by atoms with Crippen LogP contribution in [0, 0.1) is 0 Å². The molecule has 0 spiro atoms. The van der Waals surface area contributed by atoms with Crippen molar-refractivity contribution >= 4 is 17.7 Å². The van der Waals surface area contributed by atoms with Crippen molar-refractivity contribution in [3.8, 4) is 0 Å². The number of hydrogen-bond acceptors (Lipinski definition) is 3. The quantitative estimate of drug-likeness (QED) is 0.780. The smallest absolute Gasteiger partial charge is 0.228 e. The van der Waals surface area contributed by atoms with E-state index >= 15 is 0 Å². The Bertz CT molecular complexity index is 240. The van der Waals surface area contributed by atoms with Crippen LogP contribution in [0.5, 0.6) is 0 Å². The van der Waals surface area contributed by atoms with Crippen LogP contribution in [0.1, 0.15) is 39.5 Å². The fourth-order valence-electron chi connectivity index (χ4n) is 1.32. The Labute approximate surface area is 89.7 Å². The van der Waals surface area contributed by atoms with Crippen LogP contribution in [0.4, 0.5) is 0 Å². The van der Waals surface area contributed by atoms with E-state index in [9.17, 15) is 4.79 Å². The summed E-state index contributed by atoms with van der Waals surface area (Å²) in [5.41, 5.74) is 5.63. The van der Waals surface area contributed by atoms with Gasteiger partial charge in [-0.25, -0.2) is 0 Å². The zero-order valence-electron chi connectivity index (χ0n) is 8.82. The molecule has 1 amide bonds. The van der Waals surface area contributed by atoms with Crippen molar-refractivity contribution in [3.05, 3.63) is 11.1 Å². The molecule has 2 N–H and O–H groups in total. The van der Waals surface area contributed by atoms with E-state index in [2.05, 4.69) is 13.8 Å². The van der Waals surface area contributed by atoms with Gasteiger partial charge < -0.3 is 5.73 Å². The first-order valence-corrected chi connectivity index (χ1v) is 6.01. The minimum Gasteiger partial charge on any atom is -0.302 e. The minimum absolute atomic E-state index is 0.148. The predicted molar refractivity (Wildman–Crippen MR) is 60.3 cm³/mol. The Balaban J connectivity index is 2.50. The summed E-state index contributed by atoms with van der Waals surface area (Å²) in [7, 11) is 0. The third-order valence-corrected chi connectivity index (χ3v) is 3.38. The second-order valence-electron chi connectivity index (χ2n) is 3.36. The summed E-state index contributed by atoms with van der Waals surface area (Å²) in [6, 6.07) is 0. The Hall–Kier alpha value is -0.480. The molecule has 0 saturated heterocycles. The number of rotatable bonds is 4. The summed E-state index contributed by atoms with van der Waals surface area (Å²) < 4.78 is 0. The molecule has 80 valence electrons.